The van der Waals surface area contributed by atoms with Gasteiger partial charge in [0, 0.05) is 6.08 Å². The van der Waals surface area contributed by atoms with Crippen LogP contribution in [0.25, 0.3) is 6.08 Å². The summed E-state index contributed by atoms with van der Waals surface area (Å²) in [5.41, 5.74) is 2.10. The van der Waals surface area contributed by atoms with Gasteiger partial charge in [-0.25, -0.2) is 0 Å². The number of nitrogens with one attached hydrogen (secondary N) is 2. The highest BCUT2D eigenvalue weighted by molar-refractivity contribution is 5.94. The van der Waals surface area contributed by atoms with Gasteiger partial charge in [0.05, 0.1) is 6.54 Å². The van der Waals surface area contributed by atoms with E-state index in [0.717, 1.165) is 5.56 Å². The van der Waals surface area contributed by atoms with E-state index in [2.05, 4.69) is 24.5 Å². The first-order valence-electron chi connectivity index (χ1n) is 6.93. The molecule has 0 spiro atoms. The molecule has 0 heterocycles. The van der Waals surface area contributed by atoms with Crippen LogP contribution in [0.15, 0.2) is 30.3 Å². The molecular weight excluding hydrogens is 284 g/mol. The number of aliphatic carboxylic acids is 1. The van der Waals surface area contributed by atoms with Crippen molar-refractivity contribution in [1.82, 2.24) is 10.6 Å². The minimum atomic E-state index is -1.13. The lowest BCUT2D eigenvalue weighted by Crippen LogP contribution is -2.38. The molecule has 0 fully saturated rings. The summed E-state index contributed by atoms with van der Waals surface area (Å²) >= 11 is 0. The minimum absolute atomic E-state index is 0.261. The third-order valence-electron chi connectivity index (χ3n) is 2.89. The Morgan fingerprint density at radius 3 is 2.27 bits per heavy atom. The largest absolute Gasteiger partial charge is 0.480 e. The van der Waals surface area contributed by atoms with Crippen LogP contribution in [0, 0.1) is 0 Å². The van der Waals surface area contributed by atoms with Gasteiger partial charge >= 0.3 is 5.97 Å². The molecule has 0 atom stereocenters. The Kier molecular flexibility index (Phi) is 6.82. The van der Waals surface area contributed by atoms with Gasteiger partial charge in [0.2, 0.25) is 11.8 Å². The summed E-state index contributed by atoms with van der Waals surface area (Å²) in [5, 5.41) is 12.9. The monoisotopic (exact) mass is 304 g/mol. The van der Waals surface area contributed by atoms with Crippen LogP contribution in [0.2, 0.25) is 0 Å². The quantitative estimate of drug-likeness (QED) is 0.658. The second-order valence-electron chi connectivity index (χ2n) is 5.04. The molecular formula is C16H20N2O4. The maximum absolute atomic E-state index is 11.5. The van der Waals surface area contributed by atoms with E-state index in [-0.39, 0.29) is 6.54 Å². The first-order valence-corrected chi connectivity index (χ1v) is 6.93. The average Bonchev–Trinajstić information content (AvgIpc) is 2.49. The van der Waals surface area contributed by atoms with Crippen molar-refractivity contribution in [3.63, 3.8) is 0 Å². The van der Waals surface area contributed by atoms with Crippen LogP contribution in [0.4, 0.5) is 0 Å². The van der Waals surface area contributed by atoms with Crippen molar-refractivity contribution in [1.29, 1.82) is 0 Å². The fourth-order valence-corrected chi connectivity index (χ4v) is 1.63. The maximum atomic E-state index is 11.5. The predicted octanol–water partition coefficient (Wildman–Crippen LogP) is 1.14. The highest BCUT2D eigenvalue weighted by Crippen LogP contribution is 2.15. The van der Waals surface area contributed by atoms with Crippen molar-refractivity contribution in [3.8, 4) is 0 Å². The van der Waals surface area contributed by atoms with Crippen molar-refractivity contribution in [2.24, 2.45) is 0 Å². The number of rotatable bonds is 7. The smallest absolute Gasteiger partial charge is 0.322 e. The molecule has 0 aliphatic carbocycles. The molecule has 22 heavy (non-hydrogen) atoms. The topological polar surface area (TPSA) is 95.5 Å². The fourth-order valence-electron chi connectivity index (χ4n) is 1.63. The van der Waals surface area contributed by atoms with Gasteiger partial charge in [-0.05, 0) is 23.1 Å². The number of hydrogen-bond donors (Lipinski definition) is 3. The third kappa shape index (κ3) is 6.69. The van der Waals surface area contributed by atoms with E-state index in [4.69, 9.17) is 5.11 Å². The molecule has 0 radical (unpaired) electrons. The van der Waals surface area contributed by atoms with Crippen LogP contribution in [0.3, 0.4) is 0 Å². The molecule has 6 heteroatoms. The standard InChI is InChI=1S/C16H20N2O4/c1-11(2)13-6-3-12(4-7-13)5-8-14(19)17-9-15(20)18-10-16(21)22/h3-8,11H,9-10H2,1-2H3,(H,17,19)(H,18,20)(H,21,22)/b8-5+. The molecule has 118 valence electrons. The van der Waals surface area contributed by atoms with Gasteiger partial charge in [-0.15, -0.1) is 0 Å². The Balaban J connectivity index is 2.41. The van der Waals surface area contributed by atoms with Gasteiger partial charge in [0.15, 0.2) is 0 Å². The summed E-state index contributed by atoms with van der Waals surface area (Å²) in [4.78, 5) is 33.0. The van der Waals surface area contributed by atoms with Gasteiger partial charge in [-0.2, -0.15) is 0 Å². The summed E-state index contributed by atoms with van der Waals surface area (Å²) < 4.78 is 0. The van der Waals surface area contributed by atoms with Crippen molar-refractivity contribution >= 4 is 23.9 Å². The van der Waals surface area contributed by atoms with E-state index in [9.17, 15) is 14.4 Å². The third-order valence-corrected chi connectivity index (χ3v) is 2.89. The van der Waals surface area contributed by atoms with Gasteiger partial charge in [-0.3, -0.25) is 14.4 Å². The second-order valence-corrected chi connectivity index (χ2v) is 5.04. The molecule has 0 aromatic heterocycles. The van der Waals surface area contributed by atoms with Crippen molar-refractivity contribution < 1.29 is 19.5 Å². The van der Waals surface area contributed by atoms with E-state index in [1.165, 1.54) is 11.6 Å². The molecule has 2 amide bonds. The van der Waals surface area contributed by atoms with Gasteiger partial charge in [-0.1, -0.05) is 38.1 Å². The highest BCUT2D eigenvalue weighted by atomic mass is 16.4. The van der Waals surface area contributed by atoms with E-state index in [1.807, 2.05) is 24.3 Å². The molecule has 3 N–H and O–H groups in total. The van der Waals surface area contributed by atoms with Crippen LogP contribution in [0.1, 0.15) is 30.9 Å². The number of carboxylic acids is 1. The summed E-state index contributed by atoms with van der Waals surface area (Å²) in [5.74, 6) is -1.65. The Bertz CT molecular complexity index is 562. The van der Waals surface area contributed by atoms with E-state index in [0.29, 0.717) is 5.92 Å². The molecule has 1 rings (SSSR count). The molecule has 0 aliphatic rings. The van der Waals surface area contributed by atoms with Crippen LogP contribution < -0.4 is 10.6 Å². The molecule has 0 bridgehead atoms. The van der Waals surface area contributed by atoms with Crippen molar-refractivity contribution in [2.45, 2.75) is 19.8 Å². The molecule has 1 aromatic carbocycles. The molecule has 0 saturated heterocycles. The number of carbonyl (C=O) groups is 3. The lowest BCUT2D eigenvalue weighted by Gasteiger charge is -2.05. The first kappa shape index (κ1) is 17.4. The molecule has 0 aliphatic heterocycles. The maximum Gasteiger partial charge on any atom is 0.322 e. The summed E-state index contributed by atoms with van der Waals surface area (Å²) in [6.45, 7) is 3.48. The summed E-state index contributed by atoms with van der Waals surface area (Å²) in [6.07, 6.45) is 2.98. The summed E-state index contributed by atoms with van der Waals surface area (Å²) in [6, 6.07) is 7.83. The predicted molar refractivity (Wildman–Crippen MR) is 83.2 cm³/mol. The first-order chi connectivity index (χ1) is 10.4. The second kappa shape index (κ2) is 8.61. The molecule has 0 unspecified atom stereocenters. The Labute approximate surface area is 129 Å². The van der Waals surface area contributed by atoms with Crippen LogP contribution in [-0.4, -0.2) is 36.0 Å². The summed E-state index contributed by atoms with van der Waals surface area (Å²) in [7, 11) is 0. The van der Waals surface area contributed by atoms with Crippen molar-refractivity contribution in [3.05, 3.63) is 41.5 Å². The lowest BCUT2D eigenvalue weighted by molar-refractivity contribution is -0.137. The van der Waals surface area contributed by atoms with Crippen LogP contribution >= 0.6 is 0 Å². The number of carbonyl (C=O) groups excluding carboxylic acids is 2. The highest BCUT2D eigenvalue weighted by Gasteiger charge is 2.04. The lowest BCUT2D eigenvalue weighted by atomic mass is 10.0. The van der Waals surface area contributed by atoms with Crippen LogP contribution in [-0.2, 0) is 14.4 Å². The van der Waals surface area contributed by atoms with E-state index < -0.39 is 24.3 Å². The normalized spacial score (nSPS) is 10.7. The zero-order valence-electron chi connectivity index (χ0n) is 12.6. The van der Waals surface area contributed by atoms with E-state index in [1.54, 1.807) is 6.08 Å². The Morgan fingerprint density at radius 2 is 1.73 bits per heavy atom. The zero-order chi connectivity index (χ0) is 16.5. The van der Waals surface area contributed by atoms with E-state index >= 15 is 0 Å². The average molecular weight is 304 g/mol. The molecule has 0 saturated carbocycles. The Hall–Kier alpha value is -2.63. The number of amides is 2. The Morgan fingerprint density at radius 1 is 1.09 bits per heavy atom. The fraction of sp³-hybridized carbons (Fsp3) is 0.312. The molecule has 1 aromatic rings. The number of carboxylic acid groups (broad SMARTS) is 1. The van der Waals surface area contributed by atoms with Gasteiger partial charge < -0.3 is 15.7 Å². The molecule has 6 nitrogen and oxygen atoms in total. The minimum Gasteiger partial charge on any atom is -0.480 e. The number of hydrogen-bond acceptors (Lipinski definition) is 3. The zero-order valence-corrected chi connectivity index (χ0v) is 12.6. The van der Waals surface area contributed by atoms with Gasteiger partial charge in [0.25, 0.3) is 0 Å². The number of benzene rings is 1. The SMILES string of the molecule is CC(C)c1ccc(/C=C/C(=O)NCC(=O)NCC(=O)O)cc1. The van der Waals surface area contributed by atoms with Crippen LogP contribution in [0.5, 0.6) is 0 Å². The van der Waals surface area contributed by atoms with Crippen molar-refractivity contribution in [2.75, 3.05) is 13.1 Å². The van der Waals surface area contributed by atoms with Gasteiger partial charge in [0.1, 0.15) is 6.54 Å².